The second kappa shape index (κ2) is 27.7. The first-order valence-corrected chi connectivity index (χ1v) is 0. The molecule has 0 saturated heterocycles. The molecule has 0 bridgehead atoms. The molecule has 0 atom stereocenters. The first-order valence-electron chi connectivity index (χ1n) is 0. The molecule has 0 N–H and O–H groups in total. The summed E-state index contributed by atoms with van der Waals surface area (Å²) in [7, 11) is 0. The third kappa shape index (κ3) is 19.3. The molecule has 0 aromatic rings. The van der Waals surface area contributed by atoms with E-state index >= 15 is 0 Å². The van der Waals surface area contributed by atoms with Crippen LogP contribution in [0.25, 0.3) is 0 Å². The Morgan fingerprint density at radius 2 is 0.800 bits per heavy atom. The first-order chi connectivity index (χ1) is 0. The summed E-state index contributed by atoms with van der Waals surface area (Å²) in [6.45, 7) is 0. The third-order valence-electron chi connectivity index (χ3n) is 0. The van der Waals surface area contributed by atoms with Crippen LogP contribution in [0.2, 0.25) is 0 Å². The molecule has 0 saturated carbocycles. The maximum atomic E-state index is 0. The predicted octanol–water partition coefficient (Wildman–Crippen LogP) is -6.11. The fourth-order valence-electron chi connectivity index (χ4n) is 0. The Bertz CT molecular complexity index is 9.61. The Kier molecular flexibility index (Phi) is 237. The number of rotatable bonds is 0. The Labute approximate surface area is 98.6 Å². The van der Waals surface area contributed by atoms with Gasteiger partial charge >= 0.3 is 95.0 Å². The van der Waals surface area contributed by atoms with Gasteiger partial charge in [0.05, 0.1) is 0 Å². The summed E-state index contributed by atoms with van der Waals surface area (Å²) >= 11 is 0. The van der Waals surface area contributed by atoms with Gasteiger partial charge in [0.25, 0.3) is 0 Å². The Morgan fingerprint density at radius 3 is 0.800 bits per heavy atom. The predicted molar refractivity (Wildman–Crippen MR) is 0.686 cm³/mol. The summed E-state index contributed by atoms with van der Waals surface area (Å²) in [5, 5.41) is 0. The molecular formula is LaLi2OTi+7. The van der Waals surface area contributed by atoms with Crippen molar-refractivity contribution in [1.29, 1.82) is 0 Å². The Morgan fingerprint density at radius 1 is 0.800 bits per heavy atom. The van der Waals surface area contributed by atoms with Crippen LogP contribution < -0.4 is 37.7 Å². The van der Waals surface area contributed by atoms with Gasteiger partial charge in [0.15, 0.2) is 0 Å². The maximum absolute atomic E-state index is 0. The van der Waals surface area contributed by atoms with Crippen molar-refractivity contribution >= 4 is 0 Å². The van der Waals surface area contributed by atoms with Crippen molar-refractivity contribution in [2.24, 2.45) is 0 Å². The van der Waals surface area contributed by atoms with Gasteiger partial charge in [-0.1, -0.05) is 0 Å². The van der Waals surface area contributed by atoms with Crippen LogP contribution in [0.4, 0.5) is 0 Å². The molecule has 8 valence electrons. The summed E-state index contributed by atoms with van der Waals surface area (Å²) in [5.41, 5.74) is 0. The summed E-state index contributed by atoms with van der Waals surface area (Å²) in [5.74, 6) is 0. The molecule has 0 heterocycles. The summed E-state index contributed by atoms with van der Waals surface area (Å²) in [4.78, 5) is 0. The SMILES string of the molecule is [La+3].[Li+].[Li+].[O-2].[Ti+4]. The molecular weight excluding hydrogens is 217 g/mol. The van der Waals surface area contributed by atoms with Crippen LogP contribution in [-0.4, -0.2) is 0 Å². The Balaban J connectivity index is 0. The van der Waals surface area contributed by atoms with E-state index in [2.05, 4.69) is 0 Å². The zero-order chi connectivity index (χ0) is 0. The van der Waals surface area contributed by atoms with Crippen molar-refractivity contribution < 1.29 is 101 Å². The van der Waals surface area contributed by atoms with Gasteiger partial charge in [0, 0.05) is 0 Å². The quantitative estimate of drug-likeness (QED) is 0.361. The summed E-state index contributed by atoms with van der Waals surface area (Å²) in [6.07, 6.45) is 0. The van der Waals surface area contributed by atoms with Crippen molar-refractivity contribution in [2.45, 2.75) is 0 Å². The average Bonchev–Trinajstić information content (AvgIpc) is 0. The largest absolute Gasteiger partial charge is 4.00 e. The molecule has 5 heavy (non-hydrogen) atoms. The molecule has 0 amide bonds. The second-order valence-electron chi connectivity index (χ2n) is 0. The van der Waals surface area contributed by atoms with Crippen LogP contribution in [-0.2, 0) is 27.2 Å². The molecule has 0 aliphatic heterocycles. The van der Waals surface area contributed by atoms with Gasteiger partial charge in [-0.25, -0.2) is 0 Å². The van der Waals surface area contributed by atoms with Gasteiger partial charge in [0.1, 0.15) is 0 Å². The Hall–Kier alpha value is 3.06. The van der Waals surface area contributed by atoms with Crippen molar-refractivity contribution in [3.8, 4) is 0 Å². The molecule has 0 aliphatic carbocycles. The van der Waals surface area contributed by atoms with Crippen molar-refractivity contribution in [2.75, 3.05) is 0 Å². The minimum absolute atomic E-state index is 0. The van der Waals surface area contributed by atoms with E-state index < -0.39 is 0 Å². The monoisotopic (exact) mass is 217 g/mol. The van der Waals surface area contributed by atoms with Gasteiger partial charge in [0.2, 0.25) is 0 Å². The van der Waals surface area contributed by atoms with E-state index in [-0.39, 0.29) is 101 Å². The third-order valence-corrected chi connectivity index (χ3v) is 0. The van der Waals surface area contributed by atoms with E-state index in [1.807, 2.05) is 0 Å². The first kappa shape index (κ1) is 42.9. The van der Waals surface area contributed by atoms with Crippen LogP contribution in [0.5, 0.6) is 0 Å². The van der Waals surface area contributed by atoms with Gasteiger partial charge in [-0.05, 0) is 0 Å². The van der Waals surface area contributed by atoms with E-state index in [9.17, 15) is 0 Å². The molecule has 1 nitrogen and oxygen atoms in total. The van der Waals surface area contributed by atoms with Gasteiger partial charge in [-0.2, -0.15) is 0 Å². The standard InChI is InChI=1S/La.2Li.O.Ti/q+3;2*+1;-2;+4. The molecule has 0 radical (unpaired) electrons. The van der Waals surface area contributed by atoms with E-state index in [0.717, 1.165) is 0 Å². The van der Waals surface area contributed by atoms with Crippen LogP contribution in [0.15, 0.2) is 0 Å². The maximum Gasteiger partial charge on any atom is 4.00 e. The zero-order valence-electron chi connectivity index (χ0n) is 3.49. The minimum Gasteiger partial charge on any atom is -2.00 e. The summed E-state index contributed by atoms with van der Waals surface area (Å²) < 4.78 is 0. The van der Waals surface area contributed by atoms with Crippen LogP contribution >= 0.6 is 0 Å². The molecule has 0 fully saturated rings. The topological polar surface area (TPSA) is 28.5 Å². The zero-order valence-corrected chi connectivity index (χ0v) is 8.67. The van der Waals surface area contributed by atoms with Crippen molar-refractivity contribution in [3.05, 3.63) is 0 Å². The molecule has 0 aromatic heterocycles. The smallest absolute Gasteiger partial charge is 2.00 e. The number of hydrogen-bond donors (Lipinski definition) is 0. The second-order valence-corrected chi connectivity index (χ2v) is 0. The molecule has 0 rings (SSSR count). The fourth-order valence-corrected chi connectivity index (χ4v) is 0. The minimum atomic E-state index is 0. The fraction of sp³-hybridized carbons (Fsp3) is 0. The van der Waals surface area contributed by atoms with Crippen molar-refractivity contribution in [1.82, 2.24) is 0 Å². The molecule has 0 spiro atoms. The van der Waals surface area contributed by atoms with Crippen LogP contribution in [0.3, 0.4) is 0 Å². The number of hydrogen-bond acceptors (Lipinski definition) is 0. The molecule has 0 aromatic carbocycles. The molecule has 5 heteroatoms. The van der Waals surface area contributed by atoms with Crippen molar-refractivity contribution in [3.63, 3.8) is 0 Å². The van der Waals surface area contributed by atoms with E-state index in [4.69, 9.17) is 0 Å². The molecule has 0 aliphatic rings. The van der Waals surface area contributed by atoms with E-state index in [1.54, 1.807) is 0 Å². The average molecular weight is 217 g/mol. The van der Waals surface area contributed by atoms with Gasteiger partial charge in [-0.15, -0.1) is 0 Å². The molecule has 0 unspecified atom stereocenters. The normalized spacial score (nSPS) is 0. The van der Waals surface area contributed by atoms with Crippen LogP contribution in [0.1, 0.15) is 0 Å². The van der Waals surface area contributed by atoms with E-state index in [0.29, 0.717) is 0 Å². The van der Waals surface area contributed by atoms with Gasteiger partial charge in [-0.3, -0.25) is 0 Å². The van der Waals surface area contributed by atoms with Gasteiger partial charge < -0.3 is 5.48 Å². The van der Waals surface area contributed by atoms with E-state index in [1.165, 1.54) is 0 Å². The summed E-state index contributed by atoms with van der Waals surface area (Å²) in [6, 6.07) is 0. The van der Waals surface area contributed by atoms with Crippen LogP contribution in [0, 0.1) is 35.6 Å².